The first-order chi connectivity index (χ1) is 7.95. The van der Waals surface area contributed by atoms with E-state index in [2.05, 4.69) is 5.32 Å². The molecular weight excluding hydrogens is 295 g/mol. The molecule has 0 radical (unpaired) electrons. The van der Waals surface area contributed by atoms with Crippen LogP contribution in [-0.4, -0.2) is 12.5 Å². The van der Waals surface area contributed by atoms with Crippen molar-refractivity contribution in [3.05, 3.63) is 33.8 Å². The Labute approximate surface area is 123 Å². The van der Waals surface area contributed by atoms with Crippen LogP contribution in [0.4, 0.5) is 0 Å². The molecule has 0 fully saturated rings. The average molecular weight is 312 g/mol. The third kappa shape index (κ3) is 4.65. The van der Waals surface area contributed by atoms with Gasteiger partial charge in [0.2, 0.25) is 5.91 Å². The second-order valence-electron chi connectivity index (χ2n) is 4.03. The molecule has 2 unspecified atom stereocenters. The quantitative estimate of drug-likeness (QED) is 0.897. The molecule has 0 aliphatic rings. The molecule has 0 bridgehead atoms. The highest BCUT2D eigenvalue weighted by atomic mass is 35.5. The monoisotopic (exact) mass is 310 g/mol. The van der Waals surface area contributed by atoms with Crippen LogP contribution >= 0.6 is 35.6 Å². The van der Waals surface area contributed by atoms with Crippen molar-refractivity contribution in [2.75, 3.05) is 6.54 Å². The molecule has 1 aromatic rings. The predicted molar refractivity (Wildman–Crippen MR) is 78.5 cm³/mol. The van der Waals surface area contributed by atoms with Gasteiger partial charge in [0.25, 0.3) is 0 Å². The summed E-state index contributed by atoms with van der Waals surface area (Å²) in [5.41, 5.74) is 6.27. The maximum absolute atomic E-state index is 11.7. The summed E-state index contributed by atoms with van der Waals surface area (Å²) in [7, 11) is 0. The smallest absolute Gasteiger partial charge is 0.224 e. The van der Waals surface area contributed by atoms with Crippen molar-refractivity contribution in [2.45, 2.75) is 19.9 Å². The van der Waals surface area contributed by atoms with Crippen LogP contribution in [-0.2, 0) is 4.79 Å². The van der Waals surface area contributed by atoms with Crippen molar-refractivity contribution in [1.82, 2.24) is 5.32 Å². The van der Waals surface area contributed by atoms with Crippen molar-refractivity contribution >= 4 is 41.5 Å². The number of carbonyl (C=O) groups is 1. The molecular formula is C12H17Cl3N2O. The molecule has 0 saturated heterocycles. The molecule has 0 aliphatic heterocycles. The van der Waals surface area contributed by atoms with Gasteiger partial charge in [0.15, 0.2) is 0 Å². The van der Waals surface area contributed by atoms with Gasteiger partial charge in [0, 0.05) is 22.5 Å². The fraction of sp³-hybridized carbons (Fsp3) is 0.417. The normalized spacial score (nSPS) is 13.4. The third-order valence-corrected chi connectivity index (χ3v) is 3.15. The standard InChI is InChI=1S/C12H16Cl2N2O.ClH/c1-7(6-15)12(17)16-8(2)10-4-3-9(13)5-11(10)14;/h3-5,7-8H,6,15H2,1-2H3,(H,16,17);1H. The first kappa shape index (κ1) is 17.5. The van der Waals surface area contributed by atoms with Gasteiger partial charge < -0.3 is 11.1 Å². The zero-order valence-corrected chi connectivity index (χ0v) is 12.6. The van der Waals surface area contributed by atoms with Crippen LogP contribution in [0.25, 0.3) is 0 Å². The summed E-state index contributed by atoms with van der Waals surface area (Å²) in [6.07, 6.45) is 0. The number of benzene rings is 1. The van der Waals surface area contributed by atoms with Gasteiger partial charge in [-0.1, -0.05) is 36.2 Å². The summed E-state index contributed by atoms with van der Waals surface area (Å²) in [5.74, 6) is -0.283. The van der Waals surface area contributed by atoms with E-state index in [1.165, 1.54) is 0 Å². The number of halogens is 3. The van der Waals surface area contributed by atoms with Crippen LogP contribution in [0.3, 0.4) is 0 Å². The summed E-state index contributed by atoms with van der Waals surface area (Å²) in [6.45, 7) is 3.98. The van der Waals surface area contributed by atoms with E-state index in [1.807, 2.05) is 13.0 Å². The average Bonchev–Trinajstić information content (AvgIpc) is 2.27. The maximum Gasteiger partial charge on any atom is 0.224 e. The van der Waals surface area contributed by atoms with Gasteiger partial charge in [-0.2, -0.15) is 0 Å². The molecule has 0 aromatic heterocycles. The fourth-order valence-electron chi connectivity index (χ4n) is 1.39. The maximum atomic E-state index is 11.7. The van der Waals surface area contributed by atoms with Gasteiger partial charge in [-0.15, -0.1) is 12.4 Å². The first-order valence-corrected chi connectivity index (χ1v) is 6.16. The Hall–Kier alpha value is -0.480. The lowest BCUT2D eigenvalue weighted by Crippen LogP contribution is -2.35. The molecule has 2 atom stereocenters. The number of carbonyl (C=O) groups excluding carboxylic acids is 1. The molecule has 0 spiro atoms. The minimum atomic E-state index is -0.205. The Morgan fingerprint density at radius 1 is 1.39 bits per heavy atom. The van der Waals surface area contributed by atoms with Crippen LogP contribution in [0.1, 0.15) is 25.5 Å². The van der Waals surface area contributed by atoms with Crippen molar-refractivity contribution in [1.29, 1.82) is 0 Å². The highest BCUT2D eigenvalue weighted by Gasteiger charge is 2.16. The van der Waals surface area contributed by atoms with Gasteiger partial charge in [-0.05, 0) is 24.6 Å². The van der Waals surface area contributed by atoms with Gasteiger partial charge in [0.05, 0.1) is 6.04 Å². The number of nitrogens with two attached hydrogens (primary N) is 1. The number of amides is 1. The molecule has 1 aromatic carbocycles. The number of nitrogens with one attached hydrogen (secondary N) is 1. The number of rotatable bonds is 4. The number of hydrogen-bond donors (Lipinski definition) is 2. The fourth-order valence-corrected chi connectivity index (χ4v) is 1.97. The number of hydrogen-bond acceptors (Lipinski definition) is 2. The van der Waals surface area contributed by atoms with E-state index in [9.17, 15) is 4.79 Å². The van der Waals surface area contributed by atoms with Crippen LogP contribution in [0.15, 0.2) is 18.2 Å². The highest BCUT2D eigenvalue weighted by Crippen LogP contribution is 2.26. The third-order valence-electron chi connectivity index (χ3n) is 2.59. The molecule has 1 rings (SSSR count). The van der Waals surface area contributed by atoms with Crippen LogP contribution in [0.5, 0.6) is 0 Å². The lowest BCUT2D eigenvalue weighted by molar-refractivity contribution is -0.124. The highest BCUT2D eigenvalue weighted by molar-refractivity contribution is 6.35. The van der Waals surface area contributed by atoms with E-state index in [4.69, 9.17) is 28.9 Å². The Bertz CT molecular complexity index is 412. The lowest BCUT2D eigenvalue weighted by atomic mass is 10.1. The Balaban J connectivity index is 0.00000289. The molecule has 0 heterocycles. The summed E-state index contributed by atoms with van der Waals surface area (Å²) >= 11 is 11.9. The van der Waals surface area contributed by atoms with Gasteiger partial charge >= 0.3 is 0 Å². The summed E-state index contributed by atoms with van der Waals surface area (Å²) in [4.78, 5) is 11.7. The van der Waals surface area contributed by atoms with Crippen molar-refractivity contribution < 1.29 is 4.79 Å². The van der Waals surface area contributed by atoms with Gasteiger partial charge in [-0.25, -0.2) is 0 Å². The largest absolute Gasteiger partial charge is 0.349 e. The molecule has 0 saturated carbocycles. The molecule has 102 valence electrons. The SMILES string of the molecule is CC(CN)C(=O)NC(C)c1ccc(Cl)cc1Cl.Cl. The van der Waals surface area contributed by atoms with Gasteiger partial charge in [0.1, 0.15) is 0 Å². The second-order valence-corrected chi connectivity index (χ2v) is 4.88. The summed E-state index contributed by atoms with van der Waals surface area (Å²) in [5, 5.41) is 3.98. The van der Waals surface area contributed by atoms with E-state index in [0.29, 0.717) is 16.6 Å². The molecule has 6 heteroatoms. The summed E-state index contributed by atoms with van der Waals surface area (Å²) in [6, 6.07) is 5.05. The zero-order valence-electron chi connectivity index (χ0n) is 10.2. The van der Waals surface area contributed by atoms with Crippen LogP contribution in [0, 0.1) is 5.92 Å². The Kier molecular flexibility index (Phi) is 7.64. The first-order valence-electron chi connectivity index (χ1n) is 5.41. The van der Waals surface area contributed by atoms with E-state index in [-0.39, 0.29) is 30.3 Å². The van der Waals surface area contributed by atoms with Crippen molar-refractivity contribution in [3.63, 3.8) is 0 Å². The van der Waals surface area contributed by atoms with Crippen molar-refractivity contribution in [2.24, 2.45) is 11.7 Å². The molecule has 18 heavy (non-hydrogen) atoms. The van der Waals surface area contributed by atoms with E-state index in [1.54, 1.807) is 19.1 Å². The van der Waals surface area contributed by atoms with Gasteiger partial charge in [-0.3, -0.25) is 4.79 Å². The molecule has 3 N–H and O–H groups in total. The molecule has 1 amide bonds. The summed E-state index contributed by atoms with van der Waals surface area (Å²) < 4.78 is 0. The molecule has 3 nitrogen and oxygen atoms in total. The van der Waals surface area contributed by atoms with E-state index < -0.39 is 0 Å². The van der Waals surface area contributed by atoms with Crippen molar-refractivity contribution in [3.8, 4) is 0 Å². The lowest BCUT2D eigenvalue weighted by Gasteiger charge is -2.18. The van der Waals surface area contributed by atoms with E-state index >= 15 is 0 Å². The molecule has 0 aliphatic carbocycles. The van der Waals surface area contributed by atoms with E-state index in [0.717, 1.165) is 5.56 Å². The van der Waals surface area contributed by atoms with Crippen LogP contribution in [0.2, 0.25) is 10.0 Å². The Morgan fingerprint density at radius 2 is 2.00 bits per heavy atom. The predicted octanol–water partition coefficient (Wildman–Crippen LogP) is 3.19. The minimum absolute atomic E-state index is 0. The zero-order chi connectivity index (χ0) is 13.0. The minimum Gasteiger partial charge on any atom is -0.349 e. The van der Waals surface area contributed by atoms with Crippen LogP contribution < -0.4 is 11.1 Å². The Morgan fingerprint density at radius 3 is 2.50 bits per heavy atom. The topological polar surface area (TPSA) is 55.1 Å². The second kappa shape index (κ2) is 7.85.